The summed E-state index contributed by atoms with van der Waals surface area (Å²) in [5.41, 5.74) is 3.23. The van der Waals surface area contributed by atoms with E-state index >= 15 is 0 Å². The second kappa shape index (κ2) is 8.39. The van der Waals surface area contributed by atoms with Crippen molar-refractivity contribution in [1.29, 1.82) is 0 Å². The van der Waals surface area contributed by atoms with Crippen molar-refractivity contribution in [3.8, 4) is 22.8 Å². The lowest BCUT2D eigenvalue weighted by molar-refractivity contribution is 0.101. The van der Waals surface area contributed by atoms with Crippen molar-refractivity contribution in [2.45, 2.75) is 6.92 Å². The lowest BCUT2D eigenvalue weighted by Gasteiger charge is -2.07. The van der Waals surface area contributed by atoms with Gasteiger partial charge in [0.1, 0.15) is 5.75 Å². The summed E-state index contributed by atoms with van der Waals surface area (Å²) in [6, 6.07) is 22.2. The largest absolute Gasteiger partial charge is 0.497 e. The van der Waals surface area contributed by atoms with Crippen molar-refractivity contribution < 1.29 is 9.53 Å². The van der Waals surface area contributed by atoms with E-state index in [-0.39, 0.29) is 5.82 Å². The summed E-state index contributed by atoms with van der Waals surface area (Å²) in [6.45, 7) is 2.00. The van der Waals surface area contributed by atoms with Crippen molar-refractivity contribution in [3.63, 3.8) is 0 Å². The molecule has 1 N–H and O–H groups in total. The maximum atomic E-state index is 12.9. The zero-order chi connectivity index (χ0) is 21.1. The molecule has 4 rings (SSSR count). The number of aryl methyl sites for hydroxylation is 1. The van der Waals surface area contributed by atoms with Gasteiger partial charge in [-0.1, -0.05) is 41.9 Å². The van der Waals surface area contributed by atoms with Gasteiger partial charge in [0.15, 0.2) is 5.82 Å². The van der Waals surface area contributed by atoms with Crippen LogP contribution in [0.4, 0.5) is 5.69 Å². The average Bonchev–Trinajstić information content (AvgIpc) is 3.20. The van der Waals surface area contributed by atoms with E-state index in [1.165, 1.54) is 0 Å². The number of methoxy groups -OCH3 is 1. The second-order valence-corrected chi connectivity index (χ2v) is 7.14. The van der Waals surface area contributed by atoms with Crippen LogP contribution in [0.5, 0.6) is 5.75 Å². The Morgan fingerprint density at radius 3 is 2.60 bits per heavy atom. The number of ether oxygens (including phenoxy) is 1. The molecule has 30 heavy (non-hydrogen) atoms. The summed E-state index contributed by atoms with van der Waals surface area (Å²) >= 11 is 6.17. The molecule has 0 bridgehead atoms. The third kappa shape index (κ3) is 4.18. The van der Waals surface area contributed by atoms with Crippen LogP contribution in [0.25, 0.3) is 17.1 Å². The van der Waals surface area contributed by atoms with E-state index in [0.717, 1.165) is 16.8 Å². The van der Waals surface area contributed by atoms with E-state index in [1.807, 2.05) is 43.3 Å². The standard InChI is InChI=1S/C23H19ClN4O2/c1-15-6-3-10-19(12-15)28-22(16-7-4-8-17(24)13-16)26-21(27-28)23(29)25-18-9-5-11-20(14-18)30-2/h3-14H,1-2H3,(H,25,29). The van der Waals surface area contributed by atoms with Gasteiger partial charge in [0.25, 0.3) is 5.91 Å². The maximum Gasteiger partial charge on any atom is 0.295 e. The van der Waals surface area contributed by atoms with Gasteiger partial charge in [0, 0.05) is 22.3 Å². The first-order chi connectivity index (χ1) is 14.5. The molecular weight excluding hydrogens is 400 g/mol. The average molecular weight is 419 g/mol. The lowest BCUT2D eigenvalue weighted by atomic mass is 10.2. The van der Waals surface area contributed by atoms with Crippen LogP contribution >= 0.6 is 11.6 Å². The molecule has 0 spiro atoms. The summed E-state index contributed by atoms with van der Waals surface area (Å²) < 4.78 is 6.86. The lowest BCUT2D eigenvalue weighted by Crippen LogP contribution is -2.14. The van der Waals surface area contributed by atoms with E-state index in [4.69, 9.17) is 16.3 Å². The normalized spacial score (nSPS) is 10.6. The molecular formula is C23H19ClN4O2. The molecule has 0 atom stereocenters. The molecule has 0 saturated heterocycles. The highest BCUT2D eigenvalue weighted by Gasteiger charge is 2.19. The summed E-state index contributed by atoms with van der Waals surface area (Å²) in [4.78, 5) is 17.4. The van der Waals surface area contributed by atoms with Gasteiger partial charge >= 0.3 is 0 Å². The number of nitrogens with one attached hydrogen (secondary N) is 1. The number of aromatic nitrogens is 3. The first-order valence-corrected chi connectivity index (χ1v) is 9.67. The Kier molecular flexibility index (Phi) is 5.50. The minimum Gasteiger partial charge on any atom is -0.497 e. The highest BCUT2D eigenvalue weighted by atomic mass is 35.5. The fourth-order valence-corrected chi connectivity index (χ4v) is 3.24. The van der Waals surface area contributed by atoms with E-state index in [1.54, 1.807) is 48.2 Å². The maximum absolute atomic E-state index is 12.9. The third-order valence-electron chi connectivity index (χ3n) is 4.47. The van der Waals surface area contributed by atoms with Crippen molar-refractivity contribution >= 4 is 23.2 Å². The van der Waals surface area contributed by atoms with Crippen LogP contribution in [-0.2, 0) is 0 Å². The summed E-state index contributed by atoms with van der Waals surface area (Å²) in [5.74, 6) is 0.803. The minimum absolute atomic E-state index is 0.0503. The summed E-state index contributed by atoms with van der Waals surface area (Å²) in [6.07, 6.45) is 0. The predicted molar refractivity (Wildman–Crippen MR) is 117 cm³/mol. The van der Waals surface area contributed by atoms with Crippen LogP contribution in [0.3, 0.4) is 0 Å². The number of halogens is 1. The zero-order valence-corrected chi connectivity index (χ0v) is 17.2. The molecule has 4 aromatic rings. The molecule has 1 heterocycles. The second-order valence-electron chi connectivity index (χ2n) is 6.71. The van der Waals surface area contributed by atoms with E-state index in [0.29, 0.717) is 22.3 Å². The van der Waals surface area contributed by atoms with Gasteiger partial charge in [-0.15, -0.1) is 5.10 Å². The van der Waals surface area contributed by atoms with Crippen LogP contribution < -0.4 is 10.1 Å². The van der Waals surface area contributed by atoms with Gasteiger partial charge in [-0.05, 0) is 48.9 Å². The van der Waals surface area contributed by atoms with Gasteiger partial charge in [-0.2, -0.15) is 0 Å². The van der Waals surface area contributed by atoms with Crippen molar-refractivity contribution in [1.82, 2.24) is 14.8 Å². The number of rotatable bonds is 5. The smallest absolute Gasteiger partial charge is 0.295 e. The Labute approximate surface area is 179 Å². The number of anilines is 1. The first kappa shape index (κ1) is 19.7. The number of carbonyl (C=O) groups is 1. The zero-order valence-electron chi connectivity index (χ0n) is 16.5. The number of hydrogen-bond acceptors (Lipinski definition) is 4. The van der Waals surface area contributed by atoms with Gasteiger partial charge in [-0.3, -0.25) is 4.79 Å². The molecule has 1 aromatic heterocycles. The fraction of sp³-hybridized carbons (Fsp3) is 0.0870. The van der Waals surface area contributed by atoms with E-state index in [9.17, 15) is 4.79 Å². The summed E-state index contributed by atoms with van der Waals surface area (Å²) in [5, 5.41) is 7.88. The number of amides is 1. The quantitative estimate of drug-likeness (QED) is 0.486. The molecule has 0 aliphatic heterocycles. The van der Waals surface area contributed by atoms with Gasteiger partial charge in [-0.25, -0.2) is 9.67 Å². The fourth-order valence-electron chi connectivity index (χ4n) is 3.05. The molecule has 0 radical (unpaired) electrons. The Morgan fingerprint density at radius 1 is 1.03 bits per heavy atom. The first-order valence-electron chi connectivity index (χ1n) is 9.29. The Bertz CT molecular complexity index is 1160. The van der Waals surface area contributed by atoms with Crippen LogP contribution in [0.2, 0.25) is 5.02 Å². The van der Waals surface area contributed by atoms with Gasteiger partial charge < -0.3 is 10.1 Å². The van der Waals surface area contributed by atoms with Crippen LogP contribution in [-0.4, -0.2) is 27.8 Å². The molecule has 0 saturated carbocycles. The minimum atomic E-state index is -0.419. The Balaban J connectivity index is 1.75. The van der Waals surface area contributed by atoms with Gasteiger partial charge in [0.05, 0.1) is 12.8 Å². The predicted octanol–water partition coefficient (Wildman–Crippen LogP) is 5.16. The van der Waals surface area contributed by atoms with E-state index < -0.39 is 5.91 Å². The van der Waals surface area contributed by atoms with E-state index in [2.05, 4.69) is 15.4 Å². The van der Waals surface area contributed by atoms with Crippen LogP contribution in [0.15, 0.2) is 72.8 Å². The Hall–Kier alpha value is -3.64. The molecule has 0 unspecified atom stereocenters. The molecule has 150 valence electrons. The number of hydrogen-bond donors (Lipinski definition) is 1. The highest BCUT2D eigenvalue weighted by molar-refractivity contribution is 6.30. The summed E-state index contributed by atoms with van der Waals surface area (Å²) in [7, 11) is 1.57. The topological polar surface area (TPSA) is 69.0 Å². The highest BCUT2D eigenvalue weighted by Crippen LogP contribution is 2.25. The van der Waals surface area contributed by atoms with Gasteiger partial charge in [0.2, 0.25) is 5.82 Å². The number of benzene rings is 3. The number of nitrogens with zero attached hydrogens (tertiary/aromatic N) is 3. The number of carbonyl (C=O) groups excluding carboxylic acids is 1. The monoisotopic (exact) mass is 418 g/mol. The Morgan fingerprint density at radius 2 is 1.83 bits per heavy atom. The molecule has 0 aliphatic rings. The molecule has 0 fully saturated rings. The molecule has 0 aliphatic carbocycles. The van der Waals surface area contributed by atoms with Crippen molar-refractivity contribution in [2.24, 2.45) is 0 Å². The van der Waals surface area contributed by atoms with Crippen molar-refractivity contribution in [2.75, 3.05) is 12.4 Å². The molecule has 6 nitrogen and oxygen atoms in total. The van der Waals surface area contributed by atoms with Crippen LogP contribution in [0, 0.1) is 6.92 Å². The third-order valence-corrected chi connectivity index (χ3v) is 4.70. The molecule has 1 amide bonds. The molecule has 7 heteroatoms. The SMILES string of the molecule is COc1cccc(NC(=O)c2nc(-c3cccc(Cl)c3)n(-c3cccc(C)c3)n2)c1. The van der Waals surface area contributed by atoms with Crippen molar-refractivity contribution in [3.05, 3.63) is 89.2 Å². The van der Waals surface area contributed by atoms with Crippen LogP contribution in [0.1, 0.15) is 16.2 Å². The molecule has 3 aromatic carbocycles.